The maximum Gasteiger partial charge on any atom is 0.258 e. The van der Waals surface area contributed by atoms with Crippen LogP contribution in [0.5, 0.6) is 0 Å². The Morgan fingerprint density at radius 2 is 1.89 bits per heavy atom. The number of nitrogen functional groups attached to an aromatic ring is 1. The number of rotatable bonds is 2. The first-order valence-electron chi connectivity index (χ1n) is 5.18. The lowest BCUT2D eigenvalue weighted by Crippen LogP contribution is -2.14. The molecule has 0 aliphatic carbocycles. The summed E-state index contributed by atoms with van der Waals surface area (Å²) in [5.74, 6) is -1.85. The first-order chi connectivity index (χ1) is 8.56. The molecule has 3 nitrogen and oxygen atoms in total. The van der Waals surface area contributed by atoms with Crippen LogP contribution in [0.4, 0.5) is 20.2 Å². The summed E-state index contributed by atoms with van der Waals surface area (Å²) in [5.41, 5.74) is 5.73. The molecule has 0 unspecified atom stereocenters. The summed E-state index contributed by atoms with van der Waals surface area (Å²) in [4.78, 5) is 11.7. The van der Waals surface area contributed by atoms with E-state index in [9.17, 15) is 13.6 Å². The molecular weight excluding hydrogens is 238 g/mol. The number of amides is 1. The fraction of sp³-hybridized carbons (Fsp3) is 0. The molecule has 0 bridgehead atoms. The predicted octanol–water partition coefficient (Wildman–Crippen LogP) is 2.80. The highest BCUT2D eigenvalue weighted by atomic mass is 19.1. The Bertz CT molecular complexity index is 599. The number of nitrogens with two attached hydrogens (primary N) is 1. The van der Waals surface area contributed by atoms with Crippen molar-refractivity contribution in [2.24, 2.45) is 0 Å². The molecule has 1 amide bonds. The van der Waals surface area contributed by atoms with Crippen molar-refractivity contribution in [2.45, 2.75) is 0 Å². The van der Waals surface area contributed by atoms with E-state index in [-0.39, 0.29) is 16.9 Å². The molecule has 92 valence electrons. The van der Waals surface area contributed by atoms with Crippen LogP contribution >= 0.6 is 0 Å². The van der Waals surface area contributed by atoms with Gasteiger partial charge in [-0.2, -0.15) is 0 Å². The standard InChI is InChI=1S/C13H10F2N2O/c14-8-2-1-3-10(6-8)17-13(18)11-5-4-9(16)7-12(11)15/h1-7H,16H2,(H,17,18). The van der Waals surface area contributed by atoms with E-state index >= 15 is 0 Å². The highest BCUT2D eigenvalue weighted by Crippen LogP contribution is 2.15. The molecular formula is C13H10F2N2O. The van der Waals surface area contributed by atoms with Gasteiger partial charge >= 0.3 is 0 Å². The minimum absolute atomic E-state index is 0.145. The van der Waals surface area contributed by atoms with Crippen LogP contribution in [0.2, 0.25) is 0 Å². The Hall–Kier alpha value is -2.43. The van der Waals surface area contributed by atoms with Crippen LogP contribution in [0, 0.1) is 11.6 Å². The number of carbonyl (C=O) groups excluding carboxylic acids is 1. The Kier molecular flexibility index (Phi) is 3.23. The van der Waals surface area contributed by atoms with E-state index in [1.807, 2.05) is 0 Å². The molecule has 0 aromatic heterocycles. The van der Waals surface area contributed by atoms with E-state index in [0.29, 0.717) is 0 Å². The van der Waals surface area contributed by atoms with E-state index in [1.54, 1.807) is 0 Å². The normalized spacial score (nSPS) is 10.1. The van der Waals surface area contributed by atoms with Crippen LogP contribution in [0.3, 0.4) is 0 Å². The van der Waals surface area contributed by atoms with Gasteiger partial charge in [0.15, 0.2) is 0 Å². The second kappa shape index (κ2) is 4.83. The minimum Gasteiger partial charge on any atom is -0.399 e. The maximum atomic E-state index is 13.5. The third-order valence-corrected chi connectivity index (χ3v) is 2.32. The summed E-state index contributed by atoms with van der Waals surface area (Å²) in [5, 5.41) is 2.40. The Morgan fingerprint density at radius 1 is 1.11 bits per heavy atom. The van der Waals surface area contributed by atoms with Gasteiger partial charge in [0.2, 0.25) is 0 Å². The zero-order valence-electron chi connectivity index (χ0n) is 9.28. The molecule has 0 saturated heterocycles. The van der Waals surface area contributed by atoms with Crippen LogP contribution in [0.1, 0.15) is 10.4 Å². The van der Waals surface area contributed by atoms with Gasteiger partial charge in [0, 0.05) is 11.4 Å². The monoisotopic (exact) mass is 248 g/mol. The lowest BCUT2D eigenvalue weighted by Gasteiger charge is -2.06. The number of halogens is 2. The second-order valence-corrected chi connectivity index (χ2v) is 3.70. The lowest BCUT2D eigenvalue weighted by molar-refractivity contribution is 0.102. The van der Waals surface area contributed by atoms with E-state index in [4.69, 9.17) is 5.73 Å². The van der Waals surface area contributed by atoms with E-state index < -0.39 is 17.5 Å². The summed E-state index contributed by atoms with van der Waals surface area (Å²) >= 11 is 0. The predicted molar refractivity (Wildman–Crippen MR) is 65.2 cm³/mol. The van der Waals surface area contributed by atoms with Crippen LogP contribution in [-0.2, 0) is 0 Å². The van der Waals surface area contributed by atoms with Gasteiger partial charge in [0.05, 0.1) is 5.56 Å². The summed E-state index contributed by atoms with van der Waals surface area (Å²) in [6, 6.07) is 9.11. The van der Waals surface area contributed by atoms with Crippen molar-refractivity contribution in [3.05, 3.63) is 59.7 Å². The molecule has 0 aliphatic heterocycles. The average molecular weight is 248 g/mol. The number of benzene rings is 2. The van der Waals surface area contributed by atoms with Crippen LogP contribution in [0.15, 0.2) is 42.5 Å². The Balaban J connectivity index is 2.22. The molecule has 3 N–H and O–H groups in total. The molecule has 0 spiro atoms. The topological polar surface area (TPSA) is 55.1 Å². The molecule has 0 heterocycles. The number of hydrogen-bond donors (Lipinski definition) is 2. The van der Waals surface area contributed by atoms with Crippen molar-refractivity contribution in [1.82, 2.24) is 0 Å². The van der Waals surface area contributed by atoms with Crippen LogP contribution in [-0.4, -0.2) is 5.91 Å². The van der Waals surface area contributed by atoms with E-state index in [0.717, 1.165) is 12.1 Å². The van der Waals surface area contributed by atoms with Crippen LogP contribution < -0.4 is 11.1 Å². The number of hydrogen-bond acceptors (Lipinski definition) is 2. The van der Waals surface area contributed by atoms with Gasteiger partial charge in [0.25, 0.3) is 5.91 Å². The van der Waals surface area contributed by atoms with Crippen molar-refractivity contribution >= 4 is 17.3 Å². The van der Waals surface area contributed by atoms with Crippen LogP contribution in [0.25, 0.3) is 0 Å². The zero-order valence-corrected chi connectivity index (χ0v) is 9.28. The highest BCUT2D eigenvalue weighted by molar-refractivity contribution is 6.04. The Morgan fingerprint density at radius 3 is 2.56 bits per heavy atom. The number of carbonyl (C=O) groups is 1. The van der Waals surface area contributed by atoms with Crippen molar-refractivity contribution in [3.63, 3.8) is 0 Å². The summed E-state index contributed by atoms with van der Waals surface area (Å²) in [7, 11) is 0. The molecule has 2 rings (SSSR count). The van der Waals surface area contributed by atoms with Gasteiger partial charge in [-0.25, -0.2) is 8.78 Å². The molecule has 0 saturated carbocycles. The first-order valence-corrected chi connectivity index (χ1v) is 5.18. The lowest BCUT2D eigenvalue weighted by atomic mass is 10.1. The molecule has 18 heavy (non-hydrogen) atoms. The highest BCUT2D eigenvalue weighted by Gasteiger charge is 2.12. The Labute approximate surface area is 102 Å². The fourth-order valence-electron chi connectivity index (χ4n) is 1.48. The summed E-state index contributed by atoms with van der Waals surface area (Å²) < 4.78 is 26.4. The second-order valence-electron chi connectivity index (χ2n) is 3.70. The van der Waals surface area contributed by atoms with Crippen molar-refractivity contribution in [2.75, 3.05) is 11.1 Å². The largest absolute Gasteiger partial charge is 0.399 e. The van der Waals surface area contributed by atoms with Gasteiger partial charge in [-0.1, -0.05) is 6.07 Å². The summed E-state index contributed by atoms with van der Waals surface area (Å²) in [6.07, 6.45) is 0. The van der Waals surface area contributed by atoms with Crippen molar-refractivity contribution in [1.29, 1.82) is 0 Å². The molecule has 0 aliphatic rings. The maximum absolute atomic E-state index is 13.5. The third-order valence-electron chi connectivity index (χ3n) is 2.32. The van der Waals surface area contributed by atoms with Crippen molar-refractivity contribution < 1.29 is 13.6 Å². The van der Waals surface area contributed by atoms with Gasteiger partial charge < -0.3 is 11.1 Å². The number of nitrogens with one attached hydrogen (secondary N) is 1. The molecule has 2 aromatic carbocycles. The van der Waals surface area contributed by atoms with E-state index in [1.165, 1.54) is 30.3 Å². The fourth-order valence-corrected chi connectivity index (χ4v) is 1.48. The average Bonchev–Trinajstić information content (AvgIpc) is 2.28. The van der Waals surface area contributed by atoms with Gasteiger partial charge in [-0.15, -0.1) is 0 Å². The molecule has 0 fully saturated rings. The summed E-state index contributed by atoms with van der Waals surface area (Å²) in [6.45, 7) is 0. The SMILES string of the molecule is Nc1ccc(C(=O)Nc2cccc(F)c2)c(F)c1. The van der Waals surface area contributed by atoms with Gasteiger partial charge in [-0.05, 0) is 36.4 Å². The minimum atomic E-state index is -0.719. The van der Waals surface area contributed by atoms with Gasteiger partial charge in [0.1, 0.15) is 11.6 Å². The smallest absolute Gasteiger partial charge is 0.258 e. The number of anilines is 2. The van der Waals surface area contributed by atoms with Gasteiger partial charge in [-0.3, -0.25) is 4.79 Å². The third kappa shape index (κ3) is 2.63. The van der Waals surface area contributed by atoms with E-state index in [2.05, 4.69) is 5.32 Å². The molecule has 2 aromatic rings. The van der Waals surface area contributed by atoms with Crippen molar-refractivity contribution in [3.8, 4) is 0 Å². The molecule has 5 heteroatoms. The first kappa shape index (κ1) is 12.0. The quantitative estimate of drug-likeness (QED) is 0.803. The molecule has 0 radical (unpaired) electrons. The molecule has 0 atom stereocenters. The zero-order chi connectivity index (χ0) is 13.1.